The van der Waals surface area contributed by atoms with Gasteiger partial charge >= 0.3 is 0 Å². The Morgan fingerprint density at radius 1 is 1.14 bits per heavy atom. The first-order valence-corrected chi connectivity index (χ1v) is 7.18. The third kappa shape index (κ3) is 3.44. The summed E-state index contributed by atoms with van der Waals surface area (Å²) in [7, 11) is 0. The van der Waals surface area contributed by atoms with Crippen molar-refractivity contribution < 1.29 is 9.57 Å². The van der Waals surface area contributed by atoms with Gasteiger partial charge in [0.25, 0.3) is 0 Å². The molecule has 1 atom stereocenters. The molecule has 0 bridgehead atoms. The molecule has 0 aliphatic carbocycles. The van der Waals surface area contributed by atoms with Crippen LogP contribution in [0.2, 0.25) is 0 Å². The average Bonchev–Trinajstić information content (AvgIpc) is 2.90. The molecule has 1 unspecified atom stereocenters. The van der Waals surface area contributed by atoms with Crippen LogP contribution in [0.4, 0.5) is 0 Å². The van der Waals surface area contributed by atoms with E-state index in [0.717, 1.165) is 17.9 Å². The number of hydrogen-bond donors (Lipinski definition) is 0. The molecule has 0 spiro atoms. The van der Waals surface area contributed by atoms with E-state index in [9.17, 15) is 0 Å². The van der Waals surface area contributed by atoms with E-state index in [0.29, 0.717) is 13.1 Å². The minimum absolute atomic E-state index is 0.117. The molecule has 3 heteroatoms. The first-order valence-electron chi connectivity index (χ1n) is 7.18. The summed E-state index contributed by atoms with van der Waals surface area (Å²) in [5, 5.41) is 1.89. The SMILES string of the molecule is C=CCN(CC1Cc2ccccc2O1)Oc1ccccc1. The van der Waals surface area contributed by atoms with Crippen molar-refractivity contribution in [3.8, 4) is 11.5 Å². The molecule has 0 radical (unpaired) electrons. The zero-order chi connectivity index (χ0) is 14.5. The van der Waals surface area contributed by atoms with Gasteiger partial charge < -0.3 is 9.57 Å². The van der Waals surface area contributed by atoms with Gasteiger partial charge in [-0.25, -0.2) is 0 Å². The van der Waals surface area contributed by atoms with E-state index >= 15 is 0 Å². The first kappa shape index (κ1) is 13.7. The smallest absolute Gasteiger partial charge is 0.147 e. The van der Waals surface area contributed by atoms with Crippen LogP contribution in [0.1, 0.15) is 5.56 Å². The fourth-order valence-electron chi connectivity index (χ4n) is 2.51. The number of rotatable bonds is 6. The quantitative estimate of drug-likeness (QED) is 0.598. The van der Waals surface area contributed by atoms with Crippen molar-refractivity contribution in [1.29, 1.82) is 0 Å². The summed E-state index contributed by atoms with van der Waals surface area (Å²) in [5.74, 6) is 1.82. The standard InChI is InChI=1S/C18H19NO2/c1-2-12-19(21-16-9-4-3-5-10-16)14-17-13-15-8-6-7-11-18(15)20-17/h2-11,17H,1,12-14H2. The third-order valence-corrected chi connectivity index (χ3v) is 3.43. The van der Waals surface area contributed by atoms with Gasteiger partial charge in [0, 0.05) is 6.42 Å². The highest BCUT2D eigenvalue weighted by Crippen LogP contribution is 2.28. The fraction of sp³-hybridized carbons (Fsp3) is 0.222. The maximum atomic E-state index is 5.97. The third-order valence-electron chi connectivity index (χ3n) is 3.43. The van der Waals surface area contributed by atoms with Crippen LogP contribution >= 0.6 is 0 Å². The van der Waals surface area contributed by atoms with Crippen molar-refractivity contribution in [3.05, 3.63) is 72.8 Å². The Hall–Kier alpha value is -2.26. The van der Waals surface area contributed by atoms with Gasteiger partial charge in [-0.2, -0.15) is 0 Å². The molecule has 0 aromatic heterocycles. The number of hydrogen-bond acceptors (Lipinski definition) is 3. The predicted molar refractivity (Wildman–Crippen MR) is 83.4 cm³/mol. The maximum absolute atomic E-state index is 5.97. The monoisotopic (exact) mass is 281 g/mol. The summed E-state index contributed by atoms with van der Waals surface area (Å²) in [6.45, 7) is 5.16. The van der Waals surface area contributed by atoms with Crippen LogP contribution in [0.5, 0.6) is 11.5 Å². The normalized spacial score (nSPS) is 16.3. The highest BCUT2D eigenvalue weighted by atomic mass is 16.7. The number of benzene rings is 2. The number of hydroxylamine groups is 2. The average molecular weight is 281 g/mol. The van der Waals surface area contributed by atoms with Crippen LogP contribution in [0, 0.1) is 0 Å². The molecule has 0 amide bonds. The van der Waals surface area contributed by atoms with Crippen LogP contribution in [0.3, 0.4) is 0 Å². The summed E-state index contributed by atoms with van der Waals surface area (Å²) < 4.78 is 5.97. The Labute approximate surface area is 125 Å². The molecule has 2 aromatic carbocycles. The molecule has 21 heavy (non-hydrogen) atoms. The lowest BCUT2D eigenvalue weighted by molar-refractivity contribution is -0.0677. The van der Waals surface area contributed by atoms with Crippen molar-refractivity contribution in [1.82, 2.24) is 5.06 Å². The second kappa shape index (κ2) is 6.46. The number of ether oxygens (including phenoxy) is 1. The van der Waals surface area contributed by atoms with Gasteiger partial charge in [0.15, 0.2) is 0 Å². The highest BCUT2D eigenvalue weighted by molar-refractivity contribution is 5.37. The van der Waals surface area contributed by atoms with E-state index in [1.807, 2.05) is 59.7 Å². The predicted octanol–water partition coefficient (Wildman–Crippen LogP) is 3.47. The molecule has 2 aromatic rings. The van der Waals surface area contributed by atoms with E-state index < -0.39 is 0 Å². The summed E-state index contributed by atoms with van der Waals surface area (Å²) in [5.41, 5.74) is 1.26. The molecule has 0 saturated carbocycles. The highest BCUT2D eigenvalue weighted by Gasteiger charge is 2.25. The van der Waals surface area contributed by atoms with Crippen molar-refractivity contribution in [2.45, 2.75) is 12.5 Å². The molecular formula is C18H19NO2. The first-order chi connectivity index (χ1) is 10.3. The summed E-state index contributed by atoms with van der Waals surface area (Å²) >= 11 is 0. The molecule has 108 valence electrons. The second-order valence-corrected chi connectivity index (χ2v) is 5.09. The Balaban J connectivity index is 1.63. The van der Waals surface area contributed by atoms with Crippen LogP contribution in [0.25, 0.3) is 0 Å². The molecule has 1 heterocycles. The molecule has 0 saturated heterocycles. The molecule has 3 nitrogen and oxygen atoms in total. The largest absolute Gasteiger partial charge is 0.488 e. The minimum atomic E-state index is 0.117. The van der Waals surface area contributed by atoms with Gasteiger partial charge in [-0.1, -0.05) is 42.5 Å². The van der Waals surface area contributed by atoms with Crippen molar-refractivity contribution >= 4 is 0 Å². The van der Waals surface area contributed by atoms with Gasteiger partial charge in [-0.05, 0) is 23.8 Å². The van der Waals surface area contributed by atoms with Crippen molar-refractivity contribution in [3.63, 3.8) is 0 Å². The second-order valence-electron chi connectivity index (χ2n) is 5.09. The summed E-state index contributed by atoms with van der Waals surface area (Å²) in [6.07, 6.45) is 2.87. The summed E-state index contributed by atoms with van der Waals surface area (Å²) in [6, 6.07) is 18.0. The molecular weight excluding hydrogens is 262 g/mol. The topological polar surface area (TPSA) is 21.7 Å². The minimum Gasteiger partial charge on any atom is -0.488 e. The van der Waals surface area contributed by atoms with E-state index in [1.165, 1.54) is 5.56 Å². The molecule has 1 aliphatic heterocycles. The Bertz CT molecular complexity index is 572. The van der Waals surface area contributed by atoms with Gasteiger partial charge in [-0.3, -0.25) is 0 Å². The number of para-hydroxylation sites is 2. The number of nitrogens with zero attached hydrogens (tertiary/aromatic N) is 1. The fourth-order valence-corrected chi connectivity index (χ4v) is 2.51. The lowest BCUT2D eigenvalue weighted by Crippen LogP contribution is -2.37. The van der Waals surface area contributed by atoms with Gasteiger partial charge in [0.1, 0.15) is 17.6 Å². The van der Waals surface area contributed by atoms with Crippen LogP contribution in [-0.2, 0) is 6.42 Å². The Kier molecular flexibility index (Phi) is 4.22. The van der Waals surface area contributed by atoms with Gasteiger partial charge in [0.05, 0.1) is 13.1 Å². The van der Waals surface area contributed by atoms with Gasteiger partial charge in [0.2, 0.25) is 0 Å². The Morgan fingerprint density at radius 2 is 1.90 bits per heavy atom. The van der Waals surface area contributed by atoms with E-state index in [1.54, 1.807) is 0 Å². The maximum Gasteiger partial charge on any atom is 0.147 e. The van der Waals surface area contributed by atoms with Crippen LogP contribution < -0.4 is 9.57 Å². The van der Waals surface area contributed by atoms with Gasteiger partial charge in [-0.15, -0.1) is 11.6 Å². The number of fused-ring (bicyclic) bond motifs is 1. The van der Waals surface area contributed by atoms with Crippen molar-refractivity contribution in [2.24, 2.45) is 0 Å². The molecule has 1 aliphatic rings. The molecule has 0 fully saturated rings. The zero-order valence-corrected chi connectivity index (χ0v) is 11.9. The molecule has 0 N–H and O–H groups in total. The summed E-state index contributed by atoms with van der Waals surface area (Å²) in [4.78, 5) is 5.90. The van der Waals surface area contributed by atoms with Crippen LogP contribution in [0.15, 0.2) is 67.3 Å². The lowest BCUT2D eigenvalue weighted by atomic mass is 10.1. The van der Waals surface area contributed by atoms with Crippen molar-refractivity contribution in [2.75, 3.05) is 13.1 Å². The lowest BCUT2D eigenvalue weighted by Gasteiger charge is -2.23. The van der Waals surface area contributed by atoms with Crippen LogP contribution in [-0.4, -0.2) is 24.3 Å². The Morgan fingerprint density at radius 3 is 2.67 bits per heavy atom. The zero-order valence-electron chi connectivity index (χ0n) is 11.9. The van der Waals surface area contributed by atoms with E-state index in [2.05, 4.69) is 12.6 Å². The van der Waals surface area contributed by atoms with E-state index in [-0.39, 0.29) is 6.10 Å². The van der Waals surface area contributed by atoms with E-state index in [4.69, 9.17) is 9.57 Å². The molecule has 3 rings (SSSR count).